The maximum absolute atomic E-state index is 9.79. The Balaban J connectivity index is 2.08. The number of hydrogen-bond donors (Lipinski definition) is 1. The van der Waals surface area contributed by atoms with Gasteiger partial charge in [-0.1, -0.05) is 36.4 Å². The Labute approximate surface area is 94.6 Å². The monoisotopic (exact) mass is 211 g/mol. The van der Waals surface area contributed by atoms with Gasteiger partial charge in [0.25, 0.3) is 0 Å². The van der Waals surface area contributed by atoms with Crippen molar-refractivity contribution < 1.29 is 5.11 Å². The van der Waals surface area contributed by atoms with Crippen molar-refractivity contribution in [2.45, 2.75) is 18.9 Å². The summed E-state index contributed by atoms with van der Waals surface area (Å²) in [7, 11) is 0. The van der Waals surface area contributed by atoms with Gasteiger partial charge in [0.05, 0.1) is 17.5 Å². The molecule has 0 amide bonds. The van der Waals surface area contributed by atoms with E-state index < -0.39 is 0 Å². The molecule has 0 radical (unpaired) electrons. The molecule has 0 aliphatic heterocycles. The quantitative estimate of drug-likeness (QED) is 0.786. The summed E-state index contributed by atoms with van der Waals surface area (Å²) in [6, 6.07) is 14.2. The highest BCUT2D eigenvalue weighted by Crippen LogP contribution is 2.31. The van der Waals surface area contributed by atoms with Crippen LogP contribution in [0, 0.1) is 0 Å². The maximum atomic E-state index is 9.79. The smallest absolute Gasteiger partial charge is 0.0966 e. The van der Waals surface area contributed by atoms with E-state index in [9.17, 15) is 5.11 Å². The Morgan fingerprint density at radius 3 is 2.69 bits per heavy atom. The van der Waals surface area contributed by atoms with E-state index >= 15 is 0 Å². The van der Waals surface area contributed by atoms with E-state index in [0.717, 1.165) is 29.8 Å². The normalized spacial score (nSPS) is 18.4. The van der Waals surface area contributed by atoms with E-state index in [1.54, 1.807) is 0 Å². The lowest BCUT2D eigenvalue weighted by Gasteiger charge is -2.06. The van der Waals surface area contributed by atoms with E-state index in [-0.39, 0.29) is 6.10 Å². The van der Waals surface area contributed by atoms with Crippen molar-refractivity contribution in [3.8, 4) is 11.3 Å². The van der Waals surface area contributed by atoms with Crippen LogP contribution < -0.4 is 0 Å². The van der Waals surface area contributed by atoms with Crippen LogP contribution in [0.4, 0.5) is 0 Å². The molecule has 0 bridgehead atoms. The first-order valence-electron chi connectivity index (χ1n) is 5.58. The van der Waals surface area contributed by atoms with Gasteiger partial charge in [0, 0.05) is 5.56 Å². The number of aliphatic hydroxyl groups excluding tert-OH is 1. The summed E-state index contributed by atoms with van der Waals surface area (Å²) in [5, 5.41) is 9.79. The Hall–Kier alpha value is -1.67. The van der Waals surface area contributed by atoms with Crippen LogP contribution in [0.15, 0.2) is 42.5 Å². The van der Waals surface area contributed by atoms with Gasteiger partial charge in [-0.3, -0.25) is 0 Å². The molecule has 1 aromatic carbocycles. The molecule has 0 fully saturated rings. The molecule has 1 aliphatic carbocycles. The summed E-state index contributed by atoms with van der Waals surface area (Å²) in [6.45, 7) is 0. The fourth-order valence-electron chi connectivity index (χ4n) is 2.20. The summed E-state index contributed by atoms with van der Waals surface area (Å²) in [5.74, 6) is 0. The lowest BCUT2D eigenvalue weighted by molar-refractivity contribution is 0.176. The van der Waals surface area contributed by atoms with Crippen LogP contribution >= 0.6 is 0 Å². The molecular formula is C14H13NO. The van der Waals surface area contributed by atoms with E-state index in [1.165, 1.54) is 5.56 Å². The van der Waals surface area contributed by atoms with Crippen LogP contribution in [-0.4, -0.2) is 10.1 Å². The molecule has 2 nitrogen and oxygen atoms in total. The van der Waals surface area contributed by atoms with Crippen molar-refractivity contribution in [1.29, 1.82) is 0 Å². The lowest BCUT2D eigenvalue weighted by atomic mass is 10.1. The molecule has 0 spiro atoms. The first-order valence-corrected chi connectivity index (χ1v) is 5.58. The van der Waals surface area contributed by atoms with E-state index in [2.05, 4.69) is 11.1 Å². The summed E-state index contributed by atoms with van der Waals surface area (Å²) in [4.78, 5) is 4.55. The van der Waals surface area contributed by atoms with Crippen LogP contribution in [0.2, 0.25) is 0 Å². The number of aryl methyl sites for hydroxylation is 1. The van der Waals surface area contributed by atoms with Gasteiger partial charge in [0.2, 0.25) is 0 Å². The summed E-state index contributed by atoms with van der Waals surface area (Å²) < 4.78 is 0. The average Bonchev–Trinajstić information content (AvgIpc) is 2.72. The second-order valence-corrected chi connectivity index (χ2v) is 4.16. The molecule has 0 saturated heterocycles. The Morgan fingerprint density at radius 1 is 1.06 bits per heavy atom. The maximum Gasteiger partial charge on any atom is 0.0966 e. The Morgan fingerprint density at radius 2 is 1.88 bits per heavy atom. The van der Waals surface area contributed by atoms with Gasteiger partial charge < -0.3 is 5.11 Å². The lowest BCUT2D eigenvalue weighted by Crippen LogP contribution is -1.96. The zero-order valence-electron chi connectivity index (χ0n) is 8.93. The standard InChI is InChI=1S/C14H13NO/c16-13-9-7-11-6-8-12(15-14(11)13)10-4-2-1-3-5-10/h1-6,8,13,16H,7,9H2. The Bertz CT molecular complexity index is 507. The minimum Gasteiger partial charge on any atom is -0.387 e. The fourth-order valence-corrected chi connectivity index (χ4v) is 2.20. The van der Waals surface area contributed by atoms with Gasteiger partial charge in [-0.15, -0.1) is 0 Å². The third-order valence-electron chi connectivity index (χ3n) is 3.08. The third kappa shape index (κ3) is 1.51. The SMILES string of the molecule is OC1CCc2ccc(-c3ccccc3)nc21. The van der Waals surface area contributed by atoms with Crippen LogP contribution in [0.5, 0.6) is 0 Å². The molecule has 1 atom stereocenters. The van der Waals surface area contributed by atoms with Gasteiger partial charge in [0.1, 0.15) is 0 Å². The van der Waals surface area contributed by atoms with Crippen LogP contribution in [0.25, 0.3) is 11.3 Å². The van der Waals surface area contributed by atoms with E-state index in [0.29, 0.717) is 0 Å². The van der Waals surface area contributed by atoms with Crippen molar-refractivity contribution in [2.75, 3.05) is 0 Å². The Kier molecular flexibility index (Phi) is 2.22. The van der Waals surface area contributed by atoms with Gasteiger partial charge >= 0.3 is 0 Å². The zero-order chi connectivity index (χ0) is 11.0. The fraction of sp³-hybridized carbons (Fsp3) is 0.214. The topological polar surface area (TPSA) is 33.1 Å². The molecule has 1 aliphatic rings. The second kappa shape index (κ2) is 3.72. The van der Waals surface area contributed by atoms with E-state index in [1.807, 2.05) is 36.4 Å². The highest BCUT2D eigenvalue weighted by molar-refractivity contribution is 5.59. The van der Waals surface area contributed by atoms with Gasteiger partial charge in [0.15, 0.2) is 0 Å². The first-order chi connectivity index (χ1) is 7.84. The highest BCUT2D eigenvalue weighted by Gasteiger charge is 2.21. The number of benzene rings is 1. The molecule has 3 rings (SSSR count). The summed E-state index contributed by atoms with van der Waals surface area (Å²) in [6.07, 6.45) is 1.37. The number of pyridine rings is 1. The molecule has 1 heterocycles. The van der Waals surface area contributed by atoms with E-state index in [4.69, 9.17) is 0 Å². The van der Waals surface area contributed by atoms with Crippen molar-refractivity contribution in [3.05, 3.63) is 53.7 Å². The molecule has 1 aromatic heterocycles. The van der Waals surface area contributed by atoms with Crippen LogP contribution in [0.3, 0.4) is 0 Å². The molecule has 0 saturated carbocycles. The molecule has 80 valence electrons. The van der Waals surface area contributed by atoms with Crippen LogP contribution in [-0.2, 0) is 6.42 Å². The van der Waals surface area contributed by atoms with Gasteiger partial charge in [-0.2, -0.15) is 0 Å². The molecular weight excluding hydrogens is 198 g/mol. The minimum atomic E-state index is -0.376. The molecule has 2 heteroatoms. The largest absolute Gasteiger partial charge is 0.387 e. The number of nitrogens with zero attached hydrogens (tertiary/aromatic N) is 1. The minimum absolute atomic E-state index is 0.376. The highest BCUT2D eigenvalue weighted by atomic mass is 16.3. The average molecular weight is 211 g/mol. The number of rotatable bonds is 1. The molecule has 1 unspecified atom stereocenters. The number of aliphatic hydroxyl groups is 1. The van der Waals surface area contributed by atoms with Crippen molar-refractivity contribution in [2.24, 2.45) is 0 Å². The summed E-state index contributed by atoms with van der Waals surface area (Å²) >= 11 is 0. The zero-order valence-corrected chi connectivity index (χ0v) is 8.93. The number of aromatic nitrogens is 1. The second-order valence-electron chi connectivity index (χ2n) is 4.16. The molecule has 16 heavy (non-hydrogen) atoms. The van der Waals surface area contributed by atoms with Crippen molar-refractivity contribution in [1.82, 2.24) is 4.98 Å². The molecule has 1 N–H and O–H groups in total. The van der Waals surface area contributed by atoms with Gasteiger partial charge in [-0.25, -0.2) is 4.98 Å². The number of hydrogen-bond acceptors (Lipinski definition) is 2. The van der Waals surface area contributed by atoms with Crippen molar-refractivity contribution >= 4 is 0 Å². The predicted molar refractivity (Wildman–Crippen MR) is 63.0 cm³/mol. The van der Waals surface area contributed by atoms with Gasteiger partial charge in [-0.05, 0) is 24.5 Å². The number of fused-ring (bicyclic) bond motifs is 1. The predicted octanol–water partition coefficient (Wildman–Crippen LogP) is 2.73. The first kappa shape index (κ1) is 9.55. The van der Waals surface area contributed by atoms with Crippen LogP contribution in [0.1, 0.15) is 23.8 Å². The van der Waals surface area contributed by atoms with Crippen molar-refractivity contribution in [3.63, 3.8) is 0 Å². The summed E-state index contributed by atoms with van der Waals surface area (Å²) in [5.41, 5.74) is 4.10. The third-order valence-corrected chi connectivity index (χ3v) is 3.08. The molecule has 2 aromatic rings.